The van der Waals surface area contributed by atoms with Crippen molar-refractivity contribution in [3.63, 3.8) is 0 Å². The summed E-state index contributed by atoms with van der Waals surface area (Å²) in [5.74, 6) is 0.375. The van der Waals surface area contributed by atoms with Gasteiger partial charge in [-0.25, -0.2) is 4.98 Å². The molecule has 0 fully saturated rings. The van der Waals surface area contributed by atoms with E-state index >= 15 is 0 Å². The van der Waals surface area contributed by atoms with Crippen molar-refractivity contribution in [1.29, 1.82) is 0 Å². The topological polar surface area (TPSA) is 51.2 Å². The highest BCUT2D eigenvalue weighted by molar-refractivity contribution is 9.10. The lowest BCUT2D eigenvalue weighted by Crippen LogP contribution is -2.23. The number of hydrogen-bond donors (Lipinski definition) is 1. The zero-order valence-corrected chi connectivity index (χ0v) is 14.6. The number of carbonyl (C=O) groups is 1. The van der Waals surface area contributed by atoms with Crippen LogP contribution in [0.5, 0.6) is 5.88 Å². The largest absolute Gasteiger partial charge is 0.475 e. The van der Waals surface area contributed by atoms with Gasteiger partial charge >= 0.3 is 0 Å². The molecular weight excluding hydrogens is 368 g/mol. The summed E-state index contributed by atoms with van der Waals surface area (Å²) in [6, 6.07) is 8.75. The molecule has 0 saturated carbocycles. The standard InChI is InChI=1S/C16H16BrClN2O2/c1-10(2)22-15-6-3-11(8-19-15)9-20-16(21)13-7-12(18)4-5-14(13)17/h3-8,10H,9H2,1-2H3,(H,20,21). The van der Waals surface area contributed by atoms with Crippen LogP contribution in [0.15, 0.2) is 41.0 Å². The number of nitrogens with zero attached hydrogens (tertiary/aromatic N) is 1. The van der Waals surface area contributed by atoms with Gasteiger partial charge in [0.05, 0.1) is 11.7 Å². The van der Waals surface area contributed by atoms with E-state index in [-0.39, 0.29) is 12.0 Å². The highest BCUT2D eigenvalue weighted by atomic mass is 79.9. The van der Waals surface area contributed by atoms with Crippen molar-refractivity contribution in [1.82, 2.24) is 10.3 Å². The second kappa shape index (κ2) is 7.61. The molecule has 1 heterocycles. The number of nitrogens with one attached hydrogen (secondary N) is 1. The number of halogens is 2. The molecule has 2 aromatic rings. The molecule has 1 N–H and O–H groups in total. The van der Waals surface area contributed by atoms with Crippen LogP contribution in [0.3, 0.4) is 0 Å². The molecule has 1 aromatic carbocycles. The average Bonchev–Trinajstić information content (AvgIpc) is 2.48. The van der Waals surface area contributed by atoms with Gasteiger partial charge in [-0.15, -0.1) is 0 Å². The fraction of sp³-hybridized carbons (Fsp3) is 0.250. The zero-order valence-electron chi connectivity index (χ0n) is 12.3. The average molecular weight is 384 g/mol. The van der Waals surface area contributed by atoms with Gasteiger partial charge in [-0.2, -0.15) is 0 Å². The normalized spacial score (nSPS) is 10.6. The van der Waals surface area contributed by atoms with Crippen LogP contribution >= 0.6 is 27.5 Å². The van der Waals surface area contributed by atoms with Crippen molar-refractivity contribution in [3.8, 4) is 5.88 Å². The van der Waals surface area contributed by atoms with E-state index in [1.165, 1.54) is 0 Å². The highest BCUT2D eigenvalue weighted by Crippen LogP contribution is 2.21. The molecule has 0 unspecified atom stereocenters. The molecule has 2 rings (SSSR count). The molecule has 0 radical (unpaired) electrons. The van der Waals surface area contributed by atoms with Crippen LogP contribution in [-0.2, 0) is 6.54 Å². The first-order valence-corrected chi connectivity index (χ1v) is 7.97. The summed E-state index contributed by atoms with van der Waals surface area (Å²) < 4.78 is 6.18. The Bertz CT molecular complexity index is 660. The maximum atomic E-state index is 12.2. The number of aromatic nitrogens is 1. The molecule has 0 aliphatic heterocycles. The van der Waals surface area contributed by atoms with Crippen LogP contribution in [0.4, 0.5) is 0 Å². The number of benzene rings is 1. The molecule has 1 aromatic heterocycles. The van der Waals surface area contributed by atoms with Crippen molar-refractivity contribution >= 4 is 33.4 Å². The summed E-state index contributed by atoms with van der Waals surface area (Å²) >= 11 is 9.25. The summed E-state index contributed by atoms with van der Waals surface area (Å²) in [5.41, 5.74) is 1.39. The Labute approximate surface area is 143 Å². The van der Waals surface area contributed by atoms with Gasteiger partial charge in [-0.1, -0.05) is 17.7 Å². The Morgan fingerprint density at radius 3 is 2.77 bits per heavy atom. The summed E-state index contributed by atoms with van der Waals surface area (Å²) in [6.07, 6.45) is 1.77. The van der Waals surface area contributed by atoms with Crippen LogP contribution in [0.25, 0.3) is 0 Å². The summed E-state index contributed by atoms with van der Waals surface area (Å²) in [5, 5.41) is 3.35. The van der Waals surface area contributed by atoms with Gasteiger partial charge in [-0.3, -0.25) is 4.79 Å². The number of amides is 1. The predicted octanol–water partition coefficient (Wildman–Crippen LogP) is 4.21. The van der Waals surface area contributed by atoms with Crippen molar-refractivity contribution in [2.45, 2.75) is 26.5 Å². The summed E-state index contributed by atoms with van der Waals surface area (Å²) in [7, 11) is 0. The number of pyridine rings is 1. The zero-order chi connectivity index (χ0) is 16.1. The lowest BCUT2D eigenvalue weighted by atomic mass is 10.2. The third kappa shape index (κ3) is 4.71. The van der Waals surface area contributed by atoms with Crippen LogP contribution in [0, 0.1) is 0 Å². The Morgan fingerprint density at radius 1 is 1.36 bits per heavy atom. The predicted molar refractivity (Wildman–Crippen MR) is 90.3 cm³/mol. The van der Waals surface area contributed by atoms with Crippen LogP contribution in [-0.4, -0.2) is 17.0 Å². The molecule has 6 heteroatoms. The van der Waals surface area contributed by atoms with E-state index in [1.807, 2.05) is 19.9 Å². The van der Waals surface area contributed by atoms with Crippen LogP contribution in [0.1, 0.15) is 29.8 Å². The van der Waals surface area contributed by atoms with Gasteiger partial charge < -0.3 is 10.1 Å². The lowest BCUT2D eigenvalue weighted by molar-refractivity contribution is 0.0950. The lowest BCUT2D eigenvalue weighted by Gasteiger charge is -2.10. The molecule has 0 bridgehead atoms. The monoisotopic (exact) mass is 382 g/mol. The van der Waals surface area contributed by atoms with Crippen molar-refractivity contribution in [3.05, 3.63) is 57.2 Å². The van der Waals surface area contributed by atoms with E-state index in [2.05, 4.69) is 26.2 Å². The smallest absolute Gasteiger partial charge is 0.252 e. The number of ether oxygens (including phenoxy) is 1. The van der Waals surface area contributed by atoms with E-state index in [9.17, 15) is 4.79 Å². The number of rotatable bonds is 5. The molecule has 0 aliphatic carbocycles. The fourth-order valence-corrected chi connectivity index (χ4v) is 2.37. The minimum Gasteiger partial charge on any atom is -0.475 e. The fourth-order valence-electron chi connectivity index (χ4n) is 1.78. The van der Waals surface area contributed by atoms with E-state index in [0.29, 0.717) is 27.5 Å². The quantitative estimate of drug-likeness (QED) is 0.841. The van der Waals surface area contributed by atoms with Gasteiger partial charge in [0.25, 0.3) is 5.91 Å². The van der Waals surface area contributed by atoms with E-state index in [0.717, 1.165) is 5.56 Å². The molecule has 22 heavy (non-hydrogen) atoms. The Balaban J connectivity index is 1.97. The minimum absolute atomic E-state index is 0.0817. The SMILES string of the molecule is CC(C)Oc1ccc(CNC(=O)c2cc(Cl)ccc2Br)cn1. The number of hydrogen-bond acceptors (Lipinski definition) is 3. The highest BCUT2D eigenvalue weighted by Gasteiger charge is 2.10. The molecule has 1 amide bonds. The van der Waals surface area contributed by atoms with E-state index < -0.39 is 0 Å². The first kappa shape index (κ1) is 16.8. The van der Waals surface area contributed by atoms with Gasteiger partial charge in [0.1, 0.15) is 0 Å². The van der Waals surface area contributed by atoms with Gasteiger partial charge in [0.15, 0.2) is 0 Å². The maximum Gasteiger partial charge on any atom is 0.252 e. The van der Waals surface area contributed by atoms with Gasteiger partial charge in [-0.05, 0) is 53.5 Å². The van der Waals surface area contributed by atoms with Crippen molar-refractivity contribution in [2.24, 2.45) is 0 Å². The molecule has 0 saturated heterocycles. The van der Waals surface area contributed by atoms with Crippen molar-refractivity contribution < 1.29 is 9.53 Å². The Hall–Kier alpha value is -1.59. The minimum atomic E-state index is -0.197. The molecule has 0 aliphatic rings. The molecule has 0 atom stereocenters. The third-order valence-corrected chi connectivity index (χ3v) is 3.71. The summed E-state index contributed by atoms with van der Waals surface area (Å²) in [4.78, 5) is 16.4. The second-order valence-electron chi connectivity index (χ2n) is 4.98. The second-order valence-corrected chi connectivity index (χ2v) is 6.27. The van der Waals surface area contributed by atoms with Gasteiger partial charge in [0, 0.05) is 28.3 Å². The Kier molecular flexibility index (Phi) is 5.80. The number of carbonyl (C=O) groups excluding carboxylic acids is 1. The first-order valence-electron chi connectivity index (χ1n) is 6.80. The molecular formula is C16H16BrClN2O2. The molecule has 116 valence electrons. The van der Waals surface area contributed by atoms with Crippen LogP contribution < -0.4 is 10.1 Å². The van der Waals surface area contributed by atoms with Crippen LogP contribution in [0.2, 0.25) is 5.02 Å². The molecule has 0 spiro atoms. The maximum absolute atomic E-state index is 12.2. The first-order chi connectivity index (χ1) is 10.5. The molecule has 4 nitrogen and oxygen atoms in total. The van der Waals surface area contributed by atoms with E-state index in [4.69, 9.17) is 16.3 Å². The van der Waals surface area contributed by atoms with Crippen molar-refractivity contribution in [2.75, 3.05) is 0 Å². The Morgan fingerprint density at radius 2 is 2.14 bits per heavy atom. The van der Waals surface area contributed by atoms with E-state index in [1.54, 1.807) is 30.5 Å². The van der Waals surface area contributed by atoms with Gasteiger partial charge in [0.2, 0.25) is 5.88 Å². The third-order valence-electron chi connectivity index (χ3n) is 2.78. The summed E-state index contributed by atoms with van der Waals surface area (Å²) in [6.45, 7) is 4.27.